The van der Waals surface area contributed by atoms with Crippen molar-refractivity contribution in [1.29, 1.82) is 0 Å². The number of nitrogens with one attached hydrogen (secondary N) is 1. The smallest absolute Gasteiger partial charge is 0.221 e. The lowest BCUT2D eigenvalue weighted by molar-refractivity contribution is -0.121. The summed E-state index contributed by atoms with van der Waals surface area (Å²) in [6.07, 6.45) is 2.05. The molecule has 0 bridgehead atoms. The zero-order valence-corrected chi connectivity index (χ0v) is 9.00. The Morgan fingerprint density at radius 2 is 2.25 bits per heavy atom. The fourth-order valence-electron chi connectivity index (χ4n) is 1.86. The predicted molar refractivity (Wildman–Crippen MR) is 59.1 cm³/mol. The third kappa shape index (κ3) is 2.22. The normalized spacial score (nSPS) is 16.9. The molecule has 0 radical (unpaired) electrons. The summed E-state index contributed by atoms with van der Waals surface area (Å²) in [5.74, 6) is -0.332. The highest BCUT2D eigenvalue weighted by Crippen LogP contribution is 2.45. The van der Waals surface area contributed by atoms with Crippen LogP contribution < -0.4 is 11.1 Å². The molecule has 1 aromatic rings. The number of hydrogen-bond acceptors (Lipinski definition) is 2. The van der Waals surface area contributed by atoms with E-state index in [1.807, 2.05) is 6.07 Å². The molecule has 0 atom stereocenters. The highest BCUT2D eigenvalue weighted by atomic mass is 19.1. The summed E-state index contributed by atoms with van der Waals surface area (Å²) in [6, 6.07) is 6.40. The van der Waals surface area contributed by atoms with Crippen LogP contribution in [0.1, 0.15) is 24.8 Å². The zero-order chi connectivity index (χ0) is 11.6. The molecular weight excluding hydrogens is 207 g/mol. The topological polar surface area (TPSA) is 55.1 Å². The maximum Gasteiger partial charge on any atom is 0.221 e. The van der Waals surface area contributed by atoms with Crippen molar-refractivity contribution in [1.82, 2.24) is 5.32 Å². The second-order valence-corrected chi connectivity index (χ2v) is 4.18. The summed E-state index contributed by atoms with van der Waals surface area (Å²) in [7, 11) is 0. The van der Waals surface area contributed by atoms with Gasteiger partial charge in [-0.2, -0.15) is 0 Å². The average Bonchev–Trinajstić information content (AvgIpc) is 2.99. The third-order valence-corrected chi connectivity index (χ3v) is 2.88. The number of hydrogen-bond donors (Lipinski definition) is 2. The lowest BCUT2D eigenvalue weighted by atomic mass is 10.0. The molecule has 0 aliphatic heterocycles. The molecule has 0 aromatic heterocycles. The summed E-state index contributed by atoms with van der Waals surface area (Å²) in [4.78, 5) is 11.5. The standard InChI is InChI=1S/C12H15FN2O/c13-10-3-1-2-9(8-10)12(5-6-12)15-11(16)4-7-14/h1-3,8H,4-7,14H2,(H,15,16). The van der Waals surface area contributed by atoms with E-state index in [-0.39, 0.29) is 17.3 Å². The maximum absolute atomic E-state index is 13.1. The number of nitrogens with two attached hydrogens (primary N) is 1. The van der Waals surface area contributed by atoms with Crippen molar-refractivity contribution in [3.8, 4) is 0 Å². The van der Waals surface area contributed by atoms with E-state index in [4.69, 9.17) is 5.73 Å². The van der Waals surface area contributed by atoms with Crippen molar-refractivity contribution in [2.75, 3.05) is 6.54 Å². The molecule has 0 heterocycles. The molecule has 1 fully saturated rings. The molecule has 3 N–H and O–H groups in total. The summed E-state index contributed by atoms with van der Waals surface area (Å²) < 4.78 is 13.1. The summed E-state index contributed by atoms with van der Waals surface area (Å²) in [6.45, 7) is 0.338. The number of carbonyl (C=O) groups is 1. The van der Waals surface area contributed by atoms with E-state index in [0.29, 0.717) is 13.0 Å². The first-order valence-electron chi connectivity index (χ1n) is 5.43. The summed E-state index contributed by atoms with van der Waals surface area (Å²) >= 11 is 0. The van der Waals surface area contributed by atoms with Crippen molar-refractivity contribution in [3.05, 3.63) is 35.6 Å². The van der Waals surface area contributed by atoms with E-state index < -0.39 is 0 Å². The molecule has 2 rings (SSSR count). The van der Waals surface area contributed by atoms with Crippen LogP contribution >= 0.6 is 0 Å². The first kappa shape index (κ1) is 11.1. The fourth-order valence-corrected chi connectivity index (χ4v) is 1.86. The van der Waals surface area contributed by atoms with Gasteiger partial charge in [-0.25, -0.2) is 4.39 Å². The summed E-state index contributed by atoms with van der Waals surface area (Å²) in [5.41, 5.74) is 5.82. The molecular formula is C12H15FN2O. The number of rotatable bonds is 4. The van der Waals surface area contributed by atoms with Crippen molar-refractivity contribution < 1.29 is 9.18 Å². The zero-order valence-electron chi connectivity index (χ0n) is 9.00. The van der Waals surface area contributed by atoms with Gasteiger partial charge < -0.3 is 11.1 Å². The van der Waals surface area contributed by atoms with Gasteiger partial charge in [0.05, 0.1) is 5.54 Å². The molecule has 1 aliphatic rings. The SMILES string of the molecule is NCCC(=O)NC1(c2cccc(F)c2)CC1. The van der Waals surface area contributed by atoms with Gasteiger partial charge in [-0.15, -0.1) is 0 Å². The van der Waals surface area contributed by atoms with Gasteiger partial charge >= 0.3 is 0 Å². The van der Waals surface area contributed by atoms with E-state index >= 15 is 0 Å². The van der Waals surface area contributed by atoms with Crippen molar-refractivity contribution >= 4 is 5.91 Å². The Morgan fingerprint density at radius 1 is 1.50 bits per heavy atom. The molecule has 1 aromatic carbocycles. The minimum Gasteiger partial charge on any atom is -0.347 e. The molecule has 0 unspecified atom stereocenters. The van der Waals surface area contributed by atoms with Gasteiger partial charge in [0.2, 0.25) is 5.91 Å². The Balaban J connectivity index is 2.11. The Kier molecular flexibility index (Phi) is 2.92. The van der Waals surface area contributed by atoms with Gasteiger partial charge in [0.15, 0.2) is 0 Å². The number of halogens is 1. The molecule has 1 amide bonds. The monoisotopic (exact) mass is 222 g/mol. The molecule has 86 valence electrons. The second kappa shape index (κ2) is 4.22. The first-order valence-corrected chi connectivity index (χ1v) is 5.43. The lowest BCUT2D eigenvalue weighted by Crippen LogP contribution is -2.35. The highest BCUT2D eigenvalue weighted by Gasteiger charge is 2.45. The van der Waals surface area contributed by atoms with Gasteiger partial charge in [-0.05, 0) is 30.5 Å². The predicted octanol–water partition coefficient (Wildman–Crippen LogP) is 1.28. The van der Waals surface area contributed by atoms with Crippen LogP contribution in [0.25, 0.3) is 0 Å². The fraction of sp³-hybridized carbons (Fsp3) is 0.417. The molecule has 16 heavy (non-hydrogen) atoms. The number of carbonyl (C=O) groups excluding carboxylic acids is 1. The van der Waals surface area contributed by atoms with Gasteiger partial charge in [0.25, 0.3) is 0 Å². The third-order valence-electron chi connectivity index (χ3n) is 2.88. The number of benzene rings is 1. The van der Waals surface area contributed by atoms with E-state index in [1.54, 1.807) is 6.07 Å². The van der Waals surface area contributed by atoms with E-state index in [0.717, 1.165) is 18.4 Å². The summed E-state index contributed by atoms with van der Waals surface area (Å²) in [5, 5.41) is 2.93. The van der Waals surface area contributed by atoms with Crippen LogP contribution in [0.3, 0.4) is 0 Å². The minimum atomic E-state index is -0.339. The average molecular weight is 222 g/mol. The first-order chi connectivity index (χ1) is 7.66. The van der Waals surface area contributed by atoms with Crippen LogP contribution in [0, 0.1) is 5.82 Å². The lowest BCUT2D eigenvalue weighted by Gasteiger charge is -2.17. The molecule has 3 nitrogen and oxygen atoms in total. The second-order valence-electron chi connectivity index (χ2n) is 4.18. The molecule has 1 aliphatic carbocycles. The number of amides is 1. The van der Waals surface area contributed by atoms with E-state index in [2.05, 4.69) is 5.32 Å². The maximum atomic E-state index is 13.1. The Bertz CT molecular complexity index is 402. The van der Waals surface area contributed by atoms with Crippen LogP contribution in [0.5, 0.6) is 0 Å². The van der Waals surface area contributed by atoms with Crippen molar-refractivity contribution in [3.63, 3.8) is 0 Å². The van der Waals surface area contributed by atoms with E-state index in [1.165, 1.54) is 12.1 Å². The van der Waals surface area contributed by atoms with Crippen LogP contribution in [-0.4, -0.2) is 12.5 Å². The van der Waals surface area contributed by atoms with Crippen LogP contribution in [0.4, 0.5) is 4.39 Å². The Morgan fingerprint density at radius 3 is 2.81 bits per heavy atom. The molecule has 4 heteroatoms. The van der Waals surface area contributed by atoms with Crippen LogP contribution in [0.2, 0.25) is 0 Å². The molecule has 1 saturated carbocycles. The van der Waals surface area contributed by atoms with E-state index in [9.17, 15) is 9.18 Å². The Labute approximate surface area is 93.8 Å². The molecule has 0 saturated heterocycles. The van der Waals surface area contributed by atoms with Gasteiger partial charge in [-0.3, -0.25) is 4.79 Å². The minimum absolute atomic E-state index is 0.0655. The van der Waals surface area contributed by atoms with Crippen molar-refractivity contribution in [2.45, 2.75) is 24.8 Å². The van der Waals surface area contributed by atoms with Crippen molar-refractivity contribution in [2.24, 2.45) is 5.73 Å². The largest absolute Gasteiger partial charge is 0.347 e. The van der Waals surface area contributed by atoms with Gasteiger partial charge in [0.1, 0.15) is 5.82 Å². The molecule has 0 spiro atoms. The quantitative estimate of drug-likeness (QED) is 0.806. The van der Waals surface area contributed by atoms with Gasteiger partial charge in [0, 0.05) is 13.0 Å². The van der Waals surface area contributed by atoms with Gasteiger partial charge in [-0.1, -0.05) is 12.1 Å². The van der Waals surface area contributed by atoms with Crippen LogP contribution in [0.15, 0.2) is 24.3 Å². The Hall–Kier alpha value is -1.42. The highest BCUT2D eigenvalue weighted by molar-refractivity contribution is 5.77. The van der Waals surface area contributed by atoms with Crippen LogP contribution in [-0.2, 0) is 10.3 Å².